The molecular formula is C17H15NS. The standard InChI is InChI=1S/C17H15NS/c1-12-6-8-16(11-17(12)18)19-15-9-7-13-4-2-3-5-14(13)10-15/h2-11H,18H2,1H3. The summed E-state index contributed by atoms with van der Waals surface area (Å²) in [5.41, 5.74) is 7.93. The Balaban J connectivity index is 1.94. The quantitative estimate of drug-likeness (QED) is 0.668. The second-order valence-electron chi connectivity index (χ2n) is 4.63. The molecule has 0 aliphatic heterocycles. The molecule has 0 aliphatic rings. The predicted molar refractivity (Wildman–Crippen MR) is 83.7 cm³/mol. The van der Waals surface area contributed by atoms with Crippen molar-refractivity contribution >= 4 is 28.2 Å². The predicted octanol–water partition coefficient (Wildman–Crippen LogP) is 4.88. The third-order valence-corrected chi connectivity index (χ3v) is 4.19. The molecule has 0 radical (unpaired) electrons. The Labute approximate surface area is 117 Å². The molecule has 2 N–H and O–H groups in total. The van der Waals surface area contributed by atoms with Gasteiger partial charge in [-0.1, -0.05) is 48.2 Å². The van der Waals surface area contributed by atoms with Gasteiger partial charge in [-0.2, -0.15) is 0 Å². The molecule has 0 atom stereocenters. The lowest BCUT2D eigenvalue weighted by Crippen LogP contribution is -1.88. The van der Waals surface area contributed by atoms with Crippen LogP contribution in [0.15, 0.2) is 70.5 Å². The Bertz CT molecular complexity index is 734. The average molecular weight is 265 g/mol. The number of fused-ring (bicyclic) bond motifs is 1. The van der Waals surface area contributed by atoms with Gasteiger partial charge in [-0.3, -0.25) is 0 Å². The van der Waals surface area contributed by atoms with E-state index in [2.05, 4.69) is 54.6 Å². The summed E-state index contributed by atoms with van der Waals surface area (Å²) in [4.78, 5) is 2.42. The van der Waals surface area contributed by atoms with Gasteiger partial charge in [0.15, 0.2) is 0 Å². The summed E-state index contributed by atoms with van der Waals surface area (Å²) < 4.78 is 0. The molecule has 3 aromatic carbocycles. The summed E-state index contributed by atoms with van der Waals surface area (Å²) in [6, 6.07) is 21.2. The average Bonchev–Trinajstić information content (AvgIpc) is 2.43. The second kappa shape index (κ2) is 4.98. The number of anilines is 1. The molecule has 2 heteroatoms. The van der Waals surface area contributed by atoms with Crippen LogP contribution in [-0.4, -0.2) is 0 Å². The molecule has 0 aromatic heterocycles. The van der Waals surface area contributed by atoms with Gasteiger partial charge in [0.25, 0.3) is 0 Å². The number of hydrogen-bond acceptors (Lipinski definition) is 2. The Morgan fingerprint density at radius 1 is 0.789 bits per heavy atom. The highest BCUT2D eigenvalue weighted by atomic mass is 32.2. The van der Waals surface area contributed by atoms with Gasteiger partial charge in [-0.25, -0.2) is 0 Å². The van der Waals surface area contributed by atoms with Crippen LogP contribution >= 0.6 is 11.8 Å². The first-order chi connectivity index (χ1) is 9.22. The summed E-state index contributed by atoms with van der Waals surface area (Å²) in [6.07, 6.45) is 0. The smallest absolute Gasteiger partial charge is 0.0355 e. The van der Waals surface area contributed by atoms with E-state index >= 15 is 0 Å². The molecule has 0 spiro atoms. The molecule has 94 valence electrons. The minimum atomic E-state index is 0.853. The van der Waals surface area contributed by atoms with Crippen LogP contribution in [0, 0.1) is 6.92 Å². The van der Waals surface area contributed by atoms with E-state index in [0.717, 1.165) is 11.3 Å². The van der Waals surface area contributed by atoms with Crippen molar-refractivity contribution in [2.24, 2.45) is 0 Å². The first-order valence-corrected chi connectivity index (χ1v) is 7.07. The van der Waals surface area contributed by atoms with Gasteiger partial charge < -0.3 is 5.73 Å². The zero-order chi connectivity index (χ0) is 13.2. The summed E-state index contributed by atoms with van der Waals surface area (Å²) >= 11 is 1.75. The fourth-order valence-corrected chi connectivity index (χ4v) is 2.97. The Hall–Kier alpha value is -1.93. The third-order valence-electron chi connectivity index (χ3n) is 3.21. The van der Waals surface area contributed by atoms with Crippen molar-refractivity contribution in [1.82, 2.24) is 0 Å². The molecule has 3 aromatic rings. The fourth-order valence-electron chi connectivity index (χ4n) is 2.05. The van der Waals surface area contributed by atoms with Gasteiger partial charge in [0.2, 0.25) is 0 Å². The molecule has 0 fully saturated rings. The number of rotatable bonds is 2. The number of aryl methyl sites for hydroxylation is 1. The number of benzene rings is 3. The number of nitrogen functional groups attached to an aromatic ring is 1. The first-order valence-electron chi connectivity index (χ1n) is 6.25. The fraction of sp³-hybridized carbons (Fsp3) is 0.0588. The van der Waals surface area contributed by atoms with Gasteiger partial charge in [0, 0.05) is 15.5 Å². The van der Waals surface area contributed by atoms with Crippen molar-refractivity contribution in [3.05, 3.63) is 66.2 Å². The summed E-state index contributed by atoms with van der Waals surface area (Å²) in [7, 11) is 0. The van der Waals surface area contributed by atoms with E-state index < -0.39 is 0 Å². The lowest BCUT2D eigenvalue weighted by atomic mass is 10.1. The highest BCUT2D eigenvalue weighted by Gasteiger charge is 2.01. The minimum Gasteiger partial charge on any atom is -0.398 e. The lowest BCUT2D eigenvalue weighted by Gasteiger charge is -2.06. The lowest BCUT2D eigenvalue weighted by molar-refractivity contribution is 1.37. The van der Waals surface area contributed by atoms with Crippen molar-refractivity contribution in [1.29, 1.82) is 0 Å². The summed E-state index contributed by atoms with van der Waals surface area (Å²) in [5, 5.41) is 2.54. The normalized spacial score (nSPS) is 10.8. The van der Waals surface area contributed by atoms with E-state index in [-0.39, 0.29) is 0 Å². The molecule has 0 saturated carbocycles. The molecule has 0 amide bonds. The summed E-state index contributed by atoms with van der Waals surface area (Å²) in [6.45, 7) is 2.03. The molecule has 0 saturated heterocycles. The Morgan fingerprint density at radius 2 is 1.47 bits per heavy atom. The molecule has 0 bridgehead atoms. The maximum absolute atomic E-state index is 5.95. The van der Waals surface area contributed by atoms with Crippen LogP contribution in [0.2, 0.25) is 0 Å². The van der Waals surface area contributed by atoms with Crippen LogP contribution < -0.4 is 5.73 Å². The Morgan fingerprint density at radius 3 is 2.26 bits per heavy atom. The van der Waals surface area contributed by atoms with Crippen molar-refractivity contribution in [2.75, 3.05) is 5.73 Å². The molecule has 1 nitrogen and oxygen atoms in total. The molecular weight excluding hydrogens is 250 g/mol. The SMILES string of the molecule is Cc1ccc(Sc2ccc3ccccc3c2)cc1N. The van der Waals surface area contributed by atoms with Crippen molar-refractivity contribution in [3.63, 3.8) is 0 Å². The highest BCUT2D eigenvalue weighted by molar-refractivity contribution is 7.99. The van der Waals surface area contributed by atoms with Crippen LogP contribution in [0.5, 0.6) is 0 Å². The van der Waals surface area contributed by atoms with Gasteiger partial charge >= 0.3 is 0 Å². The van der Waals surface area contributed by atoms with Gasteiger partial charge in [-0.15, -0.1) is 0 Å². The molecule has 3 rings (SSSR count). The van der Waals surface area contributed by atoms with Gasteiger partial charge in [0.1, 0.15) is 0 Å². The van der Waals surface area contributed by atoms with Crippen LogP contribution in [0.3, 0.4) is 0 Å². The highest BCUT2D eigenvalue weighted by Crippen LogP contribution is 2.31. The van der Waals surface area contributed by atoms with Gasteiger partial charge in [0.05, 0.1) is 0 Å². The van der Waals surface area contributed by atoms with E-state index in [1.807, 2.05) is 13.0 Å². The molecule has 19 heavy (non-hydrogen) atoms. The van der Waals surface area contributed by atoms with E-state index in [0.29, 0.717) is 0 Å². The maximum atomic E-state index is 5.95. The molecule has 0 unspecified atom stereocenters. The zero-order valence-electron chi connectivity index (χ0n) is 10.8. The van der Waals surface area contributed by atoms with Crippen molar-refractivity contribution in [2.45, 2.75) is 16.7 Å². The van der Waals surface area contributed by atoms with E-state index in [4.69, 9.17) is 5.73 Å². The molecule has 0 aliphatic carbocycles. The monoisotopic (exact) mass is 265 g/mol. The second-order valence-corrected chi connectivity index (χ2v) is 5.78. The third kappa shape index (κ3) is 2.59. The van der Waals surface area contributed by atoms with Crippen LogP contribution in [0.1, 0.15) is 5.56 Å². The van der Waals surface area contributed by atoms with Gasteiger partial charge in [-0.05, 0) is 47.5 Å². The van der Waals surface area contributed by atoms with E-state index in [1.165, 1.54) is 20.6 Å². The minimum absolute atomic E-state index is 0.853. The first kappa shape index (κ1) is 12.1. The largest absolute Gasteiger partial charge is 0.398 e. The van der Waals surface area contributed by atoms with Crippen molar-refractivity contribution < 1.29 is 0 Å². The van der Waals surface area contributed by atoms with Crippen LogP contribution in [-0.2, 0) is 0 Å². The zero-order valence-corrected chi connectivity index (χ0v) is 11.6. The maximum Gasteiger partial charge on any atom is 0.0355 e. The van der Waals surface area contributed by atoms with Crippen LogP contribution in [0.4, 0.5) is 5.69 Å². The molecule has 0 heterocycles. The van der Waals surface area contributed by atoms with Crippen molar-refractivity contribution in [3.8, 4) is 0 Å². The van der Waals surface area contributed by atoms with Crippen LogP contribution in [0.25, 0.3) is 10.8 Å². The number of nitrogens with two attached hydrogens (primary N) is 1. The van der Waals surface area contributed by atoms with E-state index in [1.54, 1.807) is 11.8 Å². The summed E-state index contributed by atoms with van der Waals surface area (Å²) in [5.74, 6) is 0. The topological polar surface area (TPSA) is 26.0 Å². The Kier molecular flexibility index (Phi) is 3.18. The van der Waals surface area contributed by atoms with E-state index in [9.17, 15) is 0 Å². The number of hydrogen-bond donors (Lipinski definition) is 1.